The minimum Gasteiger partial charge on any atom is -0.303 e. The lowest BCUT2D eigenvalue weighted by Gasteiger charge is -2.47. The Morgan fingerprint density at radius 3 is 1.86 bits per heavy atom. The van der Waals surface area contributed by atoms with Crippen LogP contribution in [0.3, 0.4) is 0 Å². The van der Waals surface area contributed by atoms with Gasteiger partial charge in [-0.1, -0.05) is 41.5 Å². The smallest absolute Gasteiger partial charge is 0.00270 e. The van der Waals surface area contributed by atoms with Gasteiger partial charge in [0.2, 0.25) is 0 Å². The van der Waals surface area contributed by atoms with Gasteiger partial charge in [0.1, 0.15) is 0 Å². The summed E-state index contributed by atoms with van der Waals surface area (Å²) < 4.78 is 0. The molecule has 0 amide bonds. The maximum atomic E-state index is 2.60. The first kappa shape index (κ1) is 12.0. The Hall–Kier alpha value is -0.0400. The largest absolute Gasteiger partial charge is 0.303 e. The molecule has 84 valence electrons. The molecule has 0 aliphatic carbocycles. The second kappa shape index (κ2) is 3.84. The van der Waals surface area contributed by atoms with E-state index >= 15 is 0 Å². The Kier molecular flexibility index (Phi) is 3.30. The summed E-state index contributed by atoms with van der Waals surface area (Å²) in [4.78, 5) is 2.60. The van der Waals surface area contributed by atoms with Crippen molar-refractivity contribution in [3.8, 4) is 0 Å². The summed E-state index contributed by atoms with van der Waals surface area (Å²) in [6.45, 7) is 18.0. The van der Waals surface area contributed by atoms with Crippen LogP contribution in [0.15, 0.2) is 0 Å². The predicted molar refractivity (Wildman–Crippen MR) is 63.5 cm³/mol. The van der Waals surface area contributed by atoms with Gasteiger partial charge in [0.05, 0.1) is 0 Å². The molecule has 0 unspecified atom stereocenters. The van der Waals surface area contributed by atoms with Crippen LogP contribution in [-0.4, -0.2) is 24.5 Å². The Morgan fingerprint density at radius 1 is 1.00 bits per heavy atom. The van der Waals surface area contributed by atoms with Crippen LogP contribution in [0.2, 0.25) is 0 Å². The van der Waals surface area contributed by atoms with E-state index in [1.807, 2.05) is 0 Å². The number of nitrogens with zero attached hydrogens (tertiary/aromatic N) is 1. The minimum absolute atomic E-state index is 0.493. The molecule has 0 bridgehead atoms. The first-order valence-corrected chi connectivity index (χ1v) is 5.91. The van der Waals surface area contributed by atoms with Crippen molar-refractivity contribution in [3.63, 3.8) is 0 Å². The molecule has 14 heavy (non-hydrogen) atoms. The van der Waals surface area contributed by atoms with Crippen LogP contribution >= 0.6 is 0 Å². The number of rotatable bonds is 2. The fourth-order valence-corrected chi connectivity index (χ4v) is 1.79. The molecule has 0 radical (unpaired) electrons. The van der Waals surface area contributed by atoms with E-state index in [1.165, 1.54) is 26.1 Å². The molecule has 0 atom stereocenters. The van der Waals surface area contributed by atoms with Crippen molar-refractivity contribution >= 4 is 0 Å². The Balaban J connectivity index is 2.17. The molecular weight excluding hydrogens is 170 g/mol. The molecule has 1 heterocycles. The lowest BCUT2D eigenvalue weighted by molar-refractivity contribution is 0.0183. The van der Waals surface area contributed by atoms with Gasteiger partial charge in [-0.15, -0.1) is 0 Å². The zero-order valence-electron chi connectivity index (χ0n) is 10.9. The summed E-state index contributed by atoms with van der Waals surface area (Å²) in [7, 11) is 0. The SMILES string of the molecule is CC(C)(C)CCN1CC(C(C)(C)C)C1. The van der Waals surface area contributed by atoms with Crippen molar-refractivity contribution < 1.29 is 0 Å². The third kappa shape index (κ3) is 3.61. The molecule has 0 spiro atoms. The highest BCUT2D eigenvalue weighted by Gasteiger charge is 2.35. The molecule has 1 nitrogen and oxygen atoms in total. The van der Waals surface area contributed by atoms with Gasteiger partial charge in [0, 0.05) is 13.1 Å². The summed E-state index contributed by atoms with van der Waals surface area (Å²) in [5.74, 6) is 0.919. The zero-order valence-corrected chi connectivity index (χ0v) is 10.9. The fraction of sp³-hybridized carbons (Fsp3) is 1.00. The Morgan fingerprint density at radius 2 is 1.50 bits per heavy atom. The number of hydrogen-bond donors (Lipinski definition) is 0. The van der Waals surface area contributed by atoms with E-state index in [4.69, 9.17) is 0 Å². The molecule has 1 aliphatic heterocycles. The molecule has 1 aliphatic rings. The molecule has 0 saturated carbocycles. The van der Waals surface area contributed by atoms with Crippen LogP contribution in [0, 0.1) is 16.7 Å². The summed E-state index contributed by atoms with van der Waals surface area (Å²) in [5, 5.41) is 0. The van der Waals surface area contributed by atoms with E-state index in [9.17, 15) is 0 Å². The maximum absolute atomic E-state index is 2.60. The molecule has 0 aromatic carbocycles. The molecule has 1 saturated heterocycles. The number of hydrogen-bond acceptors (Lipinski definition) is 1. The number of likely N-dealkylation sites (tertiary alicyclic amines) is 1. The van der Waals surface area contributed by atoms with Crippen LogP contribution in [0.1, 0.15) is 48.0 Å². The van der Waals surface area contributed by atoms with E-state index in [-0.39, 0.29) is 0 Å². The molecule has 1 fully saturated rings. The van der Waals surface area contributed by atoms with Gasteiger partial charge >= 0.3 is 0 Å². The van der Waals surface area contributed by atoms with Crippen LogP contribution in [0.4, 0.5) is 0 Å². The van der Waals surface area contributed by atoms with Crippen LogP contribution in [-0.2, 0) is 0 Å². The van der Waals surface area contributed by atoms with Gasteiger partial charge in [-0.25, -0.2) is 0 Å². The quantitative estimate of drug-likeness (QED) is 0.656. The highest BCUT2D eigenvalue weighted by molar-refractivity contribution is 4.88. The second-order valence-electron chi connectivity index (χ2n) is 7.13. The van der Waals surface area contributed by atoms with Crippen molar-refractivity contribution in [2.75, 3.05) is 19.6 Å². The van der Waals surface area contributed by atoms with Gasteiger partial charge < -0.3 is 4.90 Å². The lowest BCUT2D eigenvalue weighted by Crippen LogP contribution is -2.52. The highest BCUT2D eigenvalue weighted by atomic mass is 15.2. The molecule has 0 N–H and O–H groups in total. The average molecular weight is 197 g/mol. The Bertz CT molecular complexity index is 174. The van der Waals surface area contributed by atoms with Crippen molar-refractivity contribution in [2.45, 2.75) is 48.0 Å². The normalized spacial score (nSPS) is 21.0. The fourth-order valence-electron chi connectivity index (χ4n) is 1.79. The maximum Gasteiger partial charge on any atom is 0.00270 e. The van der Waals surface area contributed by atoms with Crippen LogP contribution in [0.5, 0.6) is 0 Å². The summed E-state index contributed by atoms with van der Waals surface area (Å²) in [6, 6.07) is 0. The van der Waals surface area contributed by atoms with E-state index in [0.717, 1.165) is 5.92 Å². The predicted octanol–water partition coefficient (Wildman–Crippen LogP) is 3.40. The summed E-state index contributed by atoms with van der Waals surface area (Å²) in [6.07, 6.45) is 1.32. The zero-order chi connectivity index (χ0) is 11.0. The van der Waals surface area contributed by atoms with Gasteiger partial charge in [-0.3, -0.25) is 0 Å². The third-order valence-corrected chi connectivity index (χ3v) is 3.36. The topological polar surface area (TPSA) is 3.24 Å². The van der Waals surface area contributed by atoms with E-state index in [1.54, 1.807) is 0 Å². The van der Waals surface area contributed by atoms with E-state index < -0.39 is 0 Å². The molecule has 1 heteroatoms. The summed E-state index contributed by atoms with van der Waals surface area (Å²) >= 11 is 0. The average Bonchev–Trinajstić information content (AvgIpc) is 1.76. The van der Waals surface area contributed by atoms with Crippen molar-refractivity contribution in [3.05, 3.63) is 0 Å². The van der Waals surface area contributed by atoms with Crippen molar-refractivity contribution in [1.29, 1.82) is 0 Å². The second-order valence-corrected chi connectivity index (χ2v) is 7.13. The van der Waals surface area contributed by atoms with Crippen molar-refractivity contribution in [2.24, 2.45) is 16.7 Å². The minimum atomic E-state index is 0.493. The van der Waals surface area contributed by atoms with Gasteiger partial charge in [-0.2, -0.15) is 0 Å². The van der Waals surface area contributed by atoms with E-state index in [2.05, 4.69) is 46.4 Å². The van der Waals surface area contributed by atoms with E-state index in [0.29, 0.717) is 10.8 Å². The van der Waals surface area contributed by atoms with Gasteiger partial charge in [0.25, 0.3) is 0 Å². The first-order chi connectivity index (χ1) is 6.18. The van der Waals surface area contributed by atoms with Gasteiger partial charge in [0.15, 0.2) is 0 Å². The highest BCUT2D eigenvalue weighted by Crippen LogP contribution is 2.34. The monoisotopic (exact) mass is 197 g/mol. The molecule has 0 aromatic heterocycles. The lowest BCUT2D eigenvalue weighted by atomic mass is 9.75. The first-order valence-electron chi connectivity index (χ1n) is 5.91. The summed E-state index contributed by atoms with van der Waals surface area (Å²) in [5.41, 5.74) is 1.01. The Labute approximate surface area is 89.9 Å². The third-order valence-electron chi connectivity index (χ3n) is 3.36. The van der Waals surface area contributed by atoms with Crippen LogP contribution < -0.4 is 0 Å². The molecular formula is C13H27N. The molecule has 1 rings (SSSR count). The molecule has 0 aromatic rings. The van der Waals surface area contributed by atoms with Crippen molar-refractivity contribution in [1.82, 2.24) is 4.90 Å². The van der Waals surface area contributed by atoms with Crippen LogP contribution in [0.25, 0.3) is 0 Å². The van der Waals surface area contributed by atoms with Gasteiger partial charge in [-0.05, 0) is 29.7 Å². The standard InChI is InChI=1S/C13H27N/c1-12(2,3)7-8-14-9-11(10-14)13(4,5)6/h11H,7-10H2,1-6H3.